The summed E-state index contributed by atoms with van der Waals surface area (Å²) in [6, 6.07) is 9.25. The van der Waals surface area contributed by atoms with Gasteiger partial charge in [-0.2, -0.15) is 0 Å². The molecule has 3 nitrogen and oxygen atoms in total. The number of fused-ring (bicyclic) bond motifs is 4. The number of nitrogens with zero attached hydrogens (tertiary/aromatic N) is 2. The lowest BCUT2D eigenvalue weighted by Gasteiger charge is -2.30. The number of hydrogen-bond donors (Lipinski definition) is 1. The molecule has 2 aromatic heterocycles. The molecule has 164 valence electrons. The predicted octanol–water partition coefficient (Wildman–Crippen LogP) is 6.85. The molecular formula is C26H24F3N3. The van der Waals surface area contributed by atoms with Gasteiger partial charge in [0.05, 0.1) is 16.6 Å². The van der Waals surface area contributed by atoms with Gasteiger partial charge < -0.3 is 4.98 Å². The number of H-pyrrole nitrogens is 1. The highest BCUT2D eigenvalue weighted by atomic mass is 19.2. The van der Waals surface area contributed by atoms with E-state index in [-0.39, 0.29) is 11.7 Å². The third-order valence-corrected chi connectivity index (χ3v) is 7.81. The van der Waals surface area contributed by atoms with Crippen LogP contribution in [0.15, 0.2) is 42.6 Å². The van der Waals surface area contributed by atoms with Crippen molar-refractivity contribution in [2.24, 2.45) is 17.8 Å². The van der Waals surface area contributed by atoms with Crippen molar-refractivity contribution >= 4 is 21.9 Å². The zero-order chi connectivity index (χ0) is 22.0. The topological polar surface area (TPSA) is 41.6 Å². The van der Waals surface area contributed by atoms with Crippen molar-refractivity contribution in [3.05, 3.63) is 71.4 Å². The lowest BCUT2D eigenvalue weighted by Crippen LogP contribution is -2.19. The molecule has 2 aliphatic rings. The quantitative estimate of drug-likeness (QED) is 0.381. The van der Waals surface area contributed by atoms with E-state index in [1.54, 1.807) is 12.1 Å². The molecule has 5 unspecified atom stereocenters. The average Bonchev–Trinajstić information content (AvgIpc) is 3.47. The maximum absolute atomic E-state index is 13.9. The molecule has 0 spiro atoms. The van der Waals surface area contributed by atoms with E-state index in [4.69, 9.17) is 0 Å². The van der Waals surface area contributed by atoms with Crippen LogP contribution in [0.25, 0.3) is 21.9 Å². The Kier molecular flexibility index (Phi) is 4.52. The molecule has 2 aliphatic carbocycles. The smallest absolute Gasteiger partial charge is 0.161 e. The van der Waals surface area contributed by atoms with E-state index in [0.29, 0.717) is 34.7 Å². The van der Waals surface area contributed by atoms with Crippen LogP contribution in [0.4, 0.5) is 13.2 Å². The molecule has 32 heavy (non-hydrogen) atoms. The molecule has 0 radical (unpaired) electrons. The fraction of sp³-hybridized carbons (Fsp3) is 0.385. The SMILES string of the molecule is CC(CC1CC2CC1CC2c1ccnc2ccc(F)cc12)c1nc2cc(F)c(F)cc2[nH]1. The van der Waals surface area contributed by atoms with Crippen LogP contribution in [0.2, 0.25) is 0 Å². The van der Waals surface area contributed by atoms with Crippen LogP contribution in [0, 0.1) is 35.2 Å². The summed E-state index contributed by atoms with van der Waals surface area (Å²) in [5.74, 6) is 1.34. The lowest BCUT2D eigenvalue weighted by atomic mass is 9.75. The number of aromatic nitrogens is 3. The second kappa shape index (κ2) is 7.32. The maximum atomic E-state index is 13.9. The highest BCUT2D eigenvalue weighted by Gasteiger charge is 2.46. The Hall–Kier alpha value is -2.89. The Morgan fingerprint density at radius 3 is 2.62 bits per heavy atom. The Morgan fingerprint density at radius 1 is 0.969 bits per heavy atom. The summed E-state index contributed by atoms with van der Waals surface area (Å²) < 4.78 is 41.0. The summed E-state index contributed by atoms with van der Waals surface area (Å²) in [7, 11) is 0. The van der Waals surface area contributed by atoms with Crippen molar-refractivity contribution in [1.29, 1.82) is 0 Å². The summed E-state index contributed by atoms with van der Waals surface area (Å²) in [5.41, 5.74) is 3.09. The van der Waals surface area contributed by atoms with E-state index in [9.17, 15) is 13.2 Å². The molecular weight excluding hydrogens is 411 g/mol. The van der Waals surface area contributed by atoms with Crippen LogP contribution in [0.3, 0.4) is 0 Å². The number of benzene rings is 2. The largest absolute Gasteiger partial charge is 0.342 e. The first kappa shape index (κ1) is 19.8. The Morgan fingerprint density at radius 2 is 1.81 bits per heavy atom. The van der Waals surface area contributed by atoms with E-state index in [2.05, 4.69) is 27.9 Å². The van der Waals surface area contributed by atoms with E-state index in [1.165, 1.54) is 24.1 Å². The highest BCUT2D eigenvalue weighted by molar-refractivity contribution is 5.82. The number of nitrogens with one attached hydrogen (secondary N) is 1. The molecule has 6 heteroatoms. The van der Waals surface area contributed by atoms with E-state index in [1.807, 2.05) is 6.20 Å². The molecule has 0 saturated heterocycles. The fourth-order valence-corrected chi connectivity index (χ4v) is 6.35. The molecule has 1 N–H and O–H groups in total. The van der Waals surface area contributed by atoms with Gasteiger partial charge in [0, 0.05) is 29.6 Å². The summed E-state index contributed by atoms with van der Waals surface area (Å²) in [4.78, 5) is 12.1. The molecule has 5 atom stereocenters. The minimum Gasteiger partial charge on any atom is -0.342 e. The summed E-state index contributed by atoms with van der Waals surface area (Å²) in [6.07, 6.45) is 6.33. The zero-order valence-corrected chi connectivity index (χ0v) is 17.8. The van der Waals surface area contributed by atoms with Gasteiger partial charge in [-0.05, 0) is 79.2 Å². The first-order valence-corrected chi connectivity index (χ1v) is 11.3. The van der Waals surface area contributed by atoms with Crippen molar-refractivity contribution in [3.63, 3.8) is 0 Å². The minimum atomic E-state index is -0.870. The molecule has 2 bridgehead atoms. The van der Waals surface area contributed by atoms with Gasteiger partial charge in [-0.1, -0.05) is 6.92 Å². The number of pyridine rings is 1. The number of hydrogen-bond acceptors (Lipinski definition) is 2. The maximum Gasteiger partial charge on any atom is 0.161 e. The third kappa shape index (κ3) is 3.19. The van der Waals surface area contributed by atoms with Crippen LogP contribution >= 0.6 is 0 Å². The molecule has 4 aromatic rings. The fourth-order valence-electron chi connectivity index (χ4n) is 6.35. The lowest BCUT2D eigenvalue weighted by molar-refractivity contribution is 0.276. The van der Waals surface area contributed by atoms with Gasteiger partial charge in [0.1, 0.15) is 11.6 Å². The second-order valence-electron chi connectivity index (χ2n) is 9.70. The van der Waals surface area contributed by atoms with Crippen molar-refractivity contribution in [2.45, 2.75) is 44.4 Å². The van der Waals surface area contributed by atoms with Crippen molar-refractivity contribution < 1.29 is 13.2 Å². The Labute approximate surface area is 184 Å². The summed E-state index contributed by atoms with van der Waals surface area (Å²) in [5, 5.41) is 0.941. The van der Waals surface area contributed by atoms with Crippen LogP contribution in [0.5, 0.6) is 0 Å². The minimum absolute atomic E-state index is 0.187. The van der Waals surface area contributed by atoms with E-state index in [0.717, 1.165) is 42.1 Å². The standard InChI is InChI=1S/C26H24F3N3/c1-13(26-31-24-11-21(28)22(29)12-25(24)32-26)6-14-7-16-8-15(14)9-19(16)18-4-5-30-23-3-2-17(27)10-20(18)23/h2-5,10-16,19H,6-9H2,1H3,(H,31,32). The van der Waals surface area contributed by atoms with Crippen molar-refractivity contribution in [3.8, 4) is 0 Å². The molecule has 0 aliphatic heterocycles. The van der Waals surface area contributed by atoms with Gasteiger partial charge >= 0.3 is 0 Å². The van der Waals surface area contributed by atoms with Crippen LogP contribution in [-0.2, 0) is 0 Å². The normalized spacial score (nSPS) is 25.8. The number of rotatable bonds is 4. The third-order valence-electron chi connectivity index (χ3n) is 7.81. The van der Waals surface area contributed by atoms with Gasteiger partial charge in [0.2, 0.25) is 0 Å². The number of halogens is 3. The van der Waals surface area contributed by atoms with Gasteiger partial charge in [-0.15, -0.1) is 0 Å². The van der Waals surface area contributed by atoms with Gasteiger partial charge in [0.25, 0.3) is 0 Å². The summed E-state index contributed by atoms with van der Waals surface area (Å²) in [6.45, 7) is 2.13. The van der Waals surface area contributed by atoms with Gasteiger partial charge in [-0.25, -0.2) is 18.2 Å². The monoisotopic (exact) mass is 435 g/mol. The van der Waals surface area contributed by atoms with Crippen LogP contribution in [-0.4, -0.2) is 15.0 Å². The van der Waals surface area contributed by atoms with Crippen LogP contribution in [0.1, 0.15) is 55.8 Å². The molecule has 6 rings (SSSR count). The predicted molar refractivity (Wildman–Crippen MR) is 118 cm³/mol. The first-order valence-electron chi connectivity index (χ1n) is 11.3. The Balaban J connectivity index is 1.19. The molecule has 0 amide bonds. The average molecular weight is 435 g/mol. The van der Waals surface area contributed by atoms with E-state index < -0.39 is 11.6 Å². The van der Waals surface area contributed by atoms with Gasteiger partial charge in [-0.3, -0.25) is 4.98 Å². The van der Waals surface area contributed by atoms with Crippen molar-refractivity contribution in [2.75, 3.05) is 0 Å². The summed E-state index contributed by atoms with van der Waals surface area (Å²) >= 11 is 0. The zero-order valence-electron chi connectivity index (χ0n) is 17.8. The van der Waals surface area contributed by atoms with Crippen molar-refractivity contribution in [1.82, 2.24) is 15.0 Å². The molecule has 2 heterocycles. The van der Waals surface area contributed by atoms with E-state index >= 15 is 0 Å². The molecule has 2 saturated carbocycles. The number of imidazole rings is 1. The van der Waals surface area contributed by atoms with Gasteiger partial charge in [0.15, 0.2) is 11.6 Å². The number of aromatic amines is 1. The first-order chi connectivity index (χ1) is 15.5. The Bertz CT molecular complexity index is 1290. The highest BCUT2D eigenvalue weighted by Crippen LogP contribution is 2.58. The second-order valence-corrected chi connectivity index (χ2v) is 9.70. The molecule has 2 aromatic carbocycles. The molecule has 2 fully saturated rings. The van der Waals surface area contributed by atoms with Crippen LogP contribution < -0.4 is 0 Å².